The zero-order chi connectivity index (χ0) is 25.2. The molecule has 2 heterocycles. The fourth-order valence-electron chi connectivity index (χ4n) is 4.44. The third-order valence-corrected chi connectivity index (χ3v) is 9.20. The Morgan fingerprint density at radius 1 is 1.26 bits per heavy atom. The first-order valence-electron chi connectivity index (χ1n) is 12.0. The Balaban J connectivity index is 1.39. The summed E-state index contributed by atoms with van der Waals surface area (Å²) < 4.78 is 20.0. The summed E-state index contributed by atoms with van der Waals surface area (Å²) in [5, 5.41) is 3.49. The molecule has 1 aromatic carbocycles. The molecule has 0 bridgehead atoms. The number of halogens is 1. The van der Waals surface area contributed by atoms with Gasteiger partial charge < -0.3 is 19.5 Å². The van der Waals surface area contributed by atoms with E-state index < -0.39 is 20.3 Å². The lowest BCUT2D eigenvalue weighted by Crippen LogP contribution is -2.49. The molecule has 2 amide bonds. The lowest BCUT2D eigenvalue weighted by molar-refractivity contribution is 0.0698. The van der Waals surface area contributed by atoms with Crippen LogP contribution in [0.15, 0.2) is 30.5 Å². The molecule has 4 rings (SSSR count). The van der Waals surface area contributed by atoms with E-state index in [1.807, 2.05) is 32.9 Å². The number of hydrogen-bond donors (Lipinski definition) is 1. The SMILES string of the molecule is CCCOCC(C)(C)S(=O)C1(CN2CCn3c(cnc3C(=O)NCc3ccc(Cl)cc3)C2=O)CC1. The van der Waals surface area contributed by atoms with Crippen molar-refractivity contribution in [1.82, 2.24) is 19.8 Å². The fraction of sp³-hybridized carbons (Fsp3) is 0.560. The number of aromatic nitrogens is 2. The Hall–Kier alpha value is -2.23. The van der Waals surface area contributed by atoms with Crippen molar-refractivity contribution < 1.29 is 18.5 Å². The lowest BCUT2D eigenvalue weighted by atomic mass is 10.2. The van der Waals surface area contributed by atoms with E-state index in [9.17, 15) is 13.8 Å². The van der Waals surface area contributed by atoms with Crippen molar-refractivity contribution in [3.63, 3.8) is 0 Å². The van der Waals surface area contributed by atoms with E-state index in [1.54, 1.807) is 21.6 Å². The van der Waals surface area contributed by atoms with Crippen molar-refractivity contribution >= 4 is 34.2 Å². The van der Waals surface area contributed by atoms with Crippen molar-refractivity contribution in [3.05, 3.63) is 52.6 Å². The van der Waals surface area contributed by atoms with Gasteiger partial charge in [0.1, 0.15) is 5.69 Å². The first-order valence-corrected chi connectivity index (χ1v) is 13.6. The standard InChI is InChI=1S/C25H33ClN4O4S/c1-4-13-34-17-24(2,3)35(33)25(9-10-25)16-29-11-12-30-20(23(29)32)15-27-21(30)22(31)28-14-18-5-7-19(26)8-6-18/h5-8,15H,4,9-14,16-17H2,1-3H3,(H,28,31). The third-order valence-electron chi connectivity index (χ3n) is 6.50. The van der Waals surface area contributed by atoms with Crippen molar-refractivity contribution in [2.75, 3.05) is 26.3 Å². The van der Waals surface area contributed by atoms with E-state index in [2.05, 4.69) is 10.3 Å². The van der Waals surface area contributed by atoms with Gasteiger partial charge in [-0.1, -0.05) is 30.7 Å². The predicted octanol–water partition coefficient (Wildman–Crippen LogP) is 3.41. The molecule has 190 valence electrons. The zero-order valence-corrected chi connectivity index (χ0v) is 22.1. The monoisotopic (exact) mass is 520 g/mol. The highest BCUT2D eigenvalue weighted by molar-refractivity contribution is 7.88. The van der Waals surface area contributed by atoms with Crippen LogP contribution >= 0.6 is 11.6 Å². The molecule has 1 aliphatic carbocycles. The molecule has 10 heteroatoms. The second-order valence-electron chi connectivity index (χ2n) is 9.92. The maximum absolute atomic E-state index is 13.5. The maximum atomic E-state index is 13.5. The Kier molecular flexibility index (Phi) is 7.68. The van der Waals surface area contributed by atoms with Gasteiger partial charge >= 0.3 is 0 Å². The van der Waals surface area contributed by atoms with E-state index in [0.717, 1.165) is 24.8 Å². The number of rotatable bonds is 11. The zero-order valence-electron chi connectivity index (χ0n) is 20.5. The summed E-state index contributed by atoms with van der Waals surface area (Å²) in [4.78, 5) is 32.0. The molecule has 1 N–H and O–H groups in total. The van der Waals surface area contributed by atoms with Crippen LogP contribution in [0.5, 0.6) is 0 Å². The van der Waals surface area contributed by atoms with Crippen molar-refractivity contribution in [1.29, 1.82) is 0 Å². The molecule has 0 radical (unpaired) electrons. The molecule has 8 nitrogen and oxygen atoms in total. The Morgan fingerprint density at radius 2 is 1.97 bits per heavy atom. The summed E-state index contributed by atoms with van der Waals surface area (Å²) >= 11 is 5.91. The molecule has 1 unspecified atom stereocenters. The highest BCUT2D eigenvalue weighted by Crippen LogP contribution is 2.46. The maximum Gasteiger partial charge on any atom is 0.287 e. The number of hydrogen-bond acceptors (Lipinski definition) is 5. The van der Waals surface area contributed by atoms with Gasteiger partial charge in [0.25, 0.3) is 11.8 Å². The largest absolute Gasteiger partial charge is 0.380 e. The summed E-state index contributed by atoms with van der Waals surface area (Å²) in [5.41, 5.74) is 1.31. The van der Waals surface area contributed by atoms with Gasteiger partial charge in [-0.05, 0) is 50.8 Å². The molecule has 1 aromatic heterocycles. The van der Waals surface area contributed by atoms with Crippen molar-refractivity contribution in [3.8, 4) is 0 Å². The number of ether oxygens (including phenoxy) is 1. The number of imidazole rings is 1. The van der Waals surface area contributed by atoms with Crippen LogP contribution in [0, 0.1) is 0 Å². The van der Waals surface area contributed by atoms with Crippen LogP contribution in [0.25, 0.3) is 0 Å². The lowest BCUT2D eigenvalue weighted by Gasteiger charge is -2.35. The van der Waals surface area contributed by atoms with Crippen LogP contribution in [0.1, 0.15) is 66.7 Å². The molecule has 35 heavy (non-hydrogen) atoms. The highest BCUT2D eigenvalue weighted by Gasteiger charge is 2.55. The van der Waals surface area contributed by atoms with Gasteiger partial charge in [-0.15, -0.1) is 0 Å². The third kappa shape index (κ3) is 5.62. The van der Waals surface area contributed by atoms with E-state index >= 15 is 0 Å². The van der Waals surface area contributed by atoms with Crippen LogP contribution in [0.2, 0.25) is 5.02 Å². The van der Waals surface area contributed by atoms with Crippen LogP contribution in [-0.4, -0.2) is 66.3 Å². The van der Waals surface area contributed by atoms with Crippen LogP contribution < -0.4 is 5.32 Å². The van der Waals surface area contributed by atoms with E-state index in [0.29, 0.717) is 50.1 Å². The first kappa shape index (κ1) is 25.9. The molecule has 1 aliphatic heterocycles. The number of carbonyl (C=O) groups is 2. The molecule has 0 saturated heterocycles. The summed E-state index contributed by atoms with van der Waals surface area (Å²) in [7, 11) is -1.15. The topological polar surface area (TPSA) is 93.5 Å². The van der Waals surface area contributed by atoms with Crippen molar-refractivity contribution in [2.45, 2.75) is 62.6 Å². The summed E-state index contributed by atoms with van der Waals surface area (Å²) in [6.07, 6.45) is 4.05. The van der Waals surface area contributed by atoms with Gasteiger partial charge in [-0.3, -0.25) is 13.8 Å². The average Bonchev–Trinajstić information content (AvgIpc) is 3.48. The summed E-state index contributed by atoms with van der Waals surface area (Å²) in [6, 6.07) is 7.24. The highest BCUT2D eigenvalue weighted by atomic mass is 35.5. The summed E-state index contributed by atoms with van der Waals surface area (Å²) in [5.74, 6) is -0.286. The van der Waals surface area contributed by atoms with Crippen molar-refractivity contribution in [2.24, 2.45) is 0 Å². The van der Waals surface area contributed by atoms with Gasteiger partial charge in [-0.25, -0.2) is 4.98 Å². The predicted molar refractivity (Wildman–Crippen MR) is 136 cm³/mol. The number of nitrogens with one attached hydrogen (secondary N) is 1. The molecule has 1 fully saturated rings. The molecule has 1 atom stereocenters. The molecule has 0 spiro atoms. The minimum atomic E-state index is -1.15. The minimum absolute atomic E-state index is 0.177. The average molecular weight is 521 g/mol. The van der Waals surface area contributed by atoms with Crippen LogP contribution in [0.4, 0.5) is 0 Å². The van der Waals surface area contributed by atoms with E-state index in [1.165, 1.54) is 6.20 Å². The number of fused-ring (bicyclic) bond motifs is 1. The quantitative estimate of drug-likeness (QED) is 0.458. The number of benzene rings is 1. The molecular formula is C25H33ClN4O4S. The minimum Gasteiger partial charge on any atom is -0.380 e. The molecule has 2 aliphatic rings. The van der Waals surface area contributed by atoms with Crippen LogP contribution in [-0.2, 0) is 28.6 Å². The van der Waals surface area contributed by atoms with Crippen LogP contribution in [0.3, 0.4) is 0 Å². The fourth-order valence-corrected chi connectivity index (χ4v) is 6.68. The second kappa shape index (κ2) is 10.4. The molecule has 1 saturated carbocycles. The smallest absolute Gasteiger partial charge is 0.287 e. The van der Waals surface area contributed by atoms with Gasteiger partial charge in [0.2, 0.25) is 0 Å². The first-order chi connectivity index (χ1) is 16.7. The number of carbonyl (C=O) groups excluding carboxylic acids is 2. The molecular weight excluding hydrogens is 488 g/mol. The van der Waals surface area contributed by atoms with E-state index in [-0.39, 0.29) is 17.6 Å². The van der Waals surface area contributed by atoms with Gasteiger partial charge in [0.15, 0.2) is 5.82 Å². The van der Waals surface area contributed by atoms with Gasteiger partial charge in [0, 0.05) is 48.6 Å². The normalized spacial score (nSPS) is 17.7. The Bertz CT molecular complexity index is 1110. The Morgan fingerprint density at radius 3 is 2.63 bits per heavy atom. The number of amides is 2. The summed E-state index contributed by atoms with van der Waals surface area (Å²) in [6.45, 7) is 8.78. The number of nitrogens with zero attached hydrogens (tertiary/aromatic N) is 3. The molecule has 2 aromatic rings. The van der Waals surface area contributed by atoms with Gasteiger partial charge in [-0.2, -0.15) is 0 Å². The van der Waals surface area contributed by atoms with E-state index in [4.69, 9.17) is 16.3 Å². The van der Waals surface area contributed by atoms with Gasteiger partial charge in [0.05, 0.1) is 22.3 Å². The Labute approximate surface area is 213 Å². The second-order valence-corrected chi connectivity index (χ2v) is 12.9.